The topological polar surface area (TPSA) is 32.8 Å². The minimum absolute atomic E-state index is 0.274. The highest BCUT2D eigenvalue weighted by Gasteiger charge is 2.52. The minimum Gasteiger partial charge on any atom is -0.497 e. The van der Waals surface area contributed by atoms with Crippen molar-refractivity contribution in [3.8, 4) is 5.75 Å². The van der Waals surface area contributed by atoms with Gasteiger partial charge in [-0.05, 0) is 69.4 Å². The van der Waals surface area contributed by atoms with Crippen LogP contribution in [0.2, 0.25) is 0 Å². The highest BCUT2D eigenvalue weighted by Crippen LogP contribution is 2.49. The van der Waals surface area contributed by atoms with E-state index in [0.717, 1.165) is 43.7 Å². The van der Waals surface area contributed by atoms with Crippen LogP contribution in [0.25, 0.3) is 0 Å². The van der Waals surface area contributed by atoms with Crippen molar-refractivity contribution >= 4 is 5.91 Å². The maximum atomic E-state index is 13.0. The van der Waals surface area contributed by atoms with Crippen LogP contribution in [0, 0.1) is 0 Å². The fraction of sp³-hybridized carbons (Fsp3) is 0.667. The van der Waals surface area contributed by atoms with E-state index in [9.17, 15) is 4.79 Å². The number of carbonyl (C=O) groups excluding carboxylic acids is 1. The van der Waals surface area contributed by atoms with Gasteiger partial charge in [0.05, 0.1) is 12.5 Å². The summed E-state index contributed by atoms with van der Waals surface area (Å²) in [5, 5.41) is 0. The number of hydrogen-bond donors (Lipinski definition) is 0. The third kappa shape index (κ3) is 4.35. The molecule has 0 atom stereocenters. The van der Waals surface area contributed by atoms with Crippen LogP contribution >= 0.6 is 0 Å². The first-order valence-corrected chi connectivity index (χ1v) is 9.78. The van der Waals surface area contributed by atoms with Gasteiger partial charge >= 0.3 is 0 Å². The van der Waals surface area contributed by atoms with Crippen molar-refractivity contribution in [2.24, 2.45) is 0 Å². The summed E-state index contributed by atoms with van der Waals surface area (Å²) >= 11 is 0. The lowest BCUT2D eigenvalue weighted by atomic mass is 9.94. The lowest BCUT2D eigenvalue weighted by molar-refractivity contribution is -0.132. The number of nitrogens with zero attached hydrogens (tertiary/aromatic N) is 2. The number of likely N-dealkylation sites (N-methyl/N-ethyl adjacent to an activating group) is 1. The van der Waals surface area contributed by atoms with Crippen LogP contribution < -0.4 is 4.74 Å². The van der Waals surface area contributed by atoms with E-state index in [1.807, 2.05) is 24.1 Å². The molecule has 3 rings (SSSR count). The number of ether oxygens (including phenoxy) is 1. The van der Waals surface area contributed by atoms with Crippen molar-refractivity contribution in [1.29, 1.82) is 0 Å². The zero-order chi connectivity index (χ0) is 17.7. The molecule has 1 saturated heterocycles. The fourth-order valence-electron chi connectivity index (χ4n) is 4.02. The van der Waals surface area contributed by atoms with Crippen LogP contribution in [0.5, 0.6) is 5.75 Å². The molecular formula is C21H32N2O2. The van der Waals surface area contributed by atoms with E-state index in [2.05, 4.69) is 17.0 Å². The van der Waals surface area contributed by atoms with Crippen LogP contribution in [0.3, 0.4) is 0 Å². The molecule has 4 nitrogen and oxygen atoms in total. The molecule has 1 heterocycles. The average molecular weight is 344 g/mol. The van der Waals surface area contributed by atoms with Gasteiger partial charge in [-0.25, -0.2) is 0 Å². The van der Waals surface area contributed by atoms with Gasteiger partial charge < -0.3 is 14.5 Å². The quantitative estimate of drug-likeness (QED) is 0.759. The molecule has 138 valence electrons. The molecule has 0 radical (unpaired) electrons. The number of carbonyl (C=O) groups is 1. The molecule has 0 bridgehead atoms. The number of likely N-dealkylation sites (tertiary alicyclic amines) is 1. The molecule has 1 aromatic rings. The maximum absolute atomic E-state index is 13.0. The fourth-order valence-corrected chi connectivity index (χ4v) is 4.02. The molecule has 0 unspecified atom stereocenters. The molecule has 0 N–H and O–H groups in total. The molecule has 4 heteroatoms. The lowest BCUT2D eigenvalue weighted by Crippen LogP contribution is -2.38. The summed E-state index contributed by atoms with van der Waals surface area (Å²) in [6, 6.07) is 8.02. The average Bonchev–Trinajstić information content (AvgIpc) is 3.46. The summed E-state index contributed by atoms with van der Waals surface area (Å²) < 4.78 is 5.23. The molecule has 1 aromatic carbocycles. The maximum Gasteiger partial charge on any atom is 0.232 e. The van der Waals surface area contributed by atoms with E-state index in [4.69, 9.17) is 4.74 Å². The smallest absolute Gasteiger partial charge is 0.232 e. The van der Waals surface area contributed by atoms with Crippen molar-refractivity contribution in [2.45, 2.75) is 50.4 Å². The Morgan fingerprint density at radius 2 is 1.76 bits per heavy atom. The Bertz CT molecular complexity index is 558. The SMILES string of the molecule is COc1ccc(C2(C(=O)N(C)CCCN3CCCCCC3)CC2)cc1. The second kappa shape index (κ2) is 8.22. The summed E-state index contributed by atoms with van der Waals surface area (Å²) in [5.41, 5.74) is 0.863. The van der Waals surface area contributed by atoms with Gasteiger partial charge in [0.15, 0.2) is 0 Å². The molecule has 25 heavy (non-hydrogen) atoms. The van der Waals surface area contributed by atoms with E-state index in [-0.39, 0.29) is 11.3 Å². The number of benzene rings is 1. The van der Waals surface area contributed by atoms with Crippen molar-refractivity contribution in [1.82, 2.24) is 9.80 Å². The summed E-state index contributed by atoms with van der Waals surface area (Å²) in [4.78, 5) is 17.5. The van der Waals surface area contributed by atoms with Gasteiger partial charge in [-0.3, -0.25) is 4.79 Å². The Morgan fingerprint density at radius 3 is 2.32 bits per heavy atom. The first-order valence-electron chi connectivity index (χ1n) is 9.78. The van der Waals surface area contributed by atoms with Gasteiger partial charge in [-0.2, -0.15) is 0 Å². The van der Waals surface area contributed by atoms with Crippen LogP contribution in [-0.2, 0) is 10.2 Å². The van der Waals surface area contributed by atoms with Gasteiger partial charge in [0.2, 0.25) is 5.91 Å². The van der Waals surface area contributed by atoms with E-state index in [1.165, 1.54) is 38.8 Å². The Kier molecular flexibility index (Phi) is 6.00. The monoisotopic (exact) mass is 344 g/mol. The number of methoxy groups -OCH3 is 1. The van der Waals surface area contributed by atoms with Gasteiger partial charge in [-0.15, -0.1) is 0 Å². The largest absolute Gasteiger partial charge is 0.497 e. The van der Waals surface area contributed by atoms with Crippen molar-refractivity contribution in [3.05, 3.63) is 29.8 Å². The van der Waals surface area contributed by atoms with E-state index in [1.54, 1.807) is 7.11 Å². The van der Waals surface area contributed by atoms with Gasteiger partial charge in [0.25, 0.3) is 0 Å². The highest BCUT2D eigenvalue weighted by molar-refractivity contribution is 5.91. The number of rotatable bonds is 7. The Morgan fingerprint density at radius 1 is 1.12 bits per heavy atom. The molecular weight excluding hydrogens is 312 g/mol. The third-order valence-corrected chi connectivity index (χ3v) is 5.82. The minimum atomic E-state index is -0.274. The predicted molar refractivity (Wildman–Crippen MR) is 101 cm³/mol. The summed E-state index contributed by atoms with van der Waals surface area (Å²) in [7, 11) is 3.64. The van der Waals surface area contributed by atoms with Crippen LogP contribution in [0.1, 0.15) is 50.5 Å². The normalized spacial score (nSPS) is 19.9. The van der Waals surface area contributed by atoms with E-state index in [0.29, 0.717) is 0 Å². The molecule has 1 aliphatic heterocycles. The number of amides is 1. The molecule has 1 amide bonds. The van der Waals surface area contributed by atoms with Gasteiger partial charge in [-0.1, -0.05) is 25.0 Å². The zero-order valence-electron chi connectivity index (χ0n) is 15.8. The number of hydrogen-bond acceptors (Lipinski definition) is 3. The summed E-state index contributed by atoms with van der Waals surface area (Å²) in [6.45, 7) is 4.43. The molecule has 0 aromatic heterocycles. The predicted octanol–water partition coefficient (Wildman–Crippen LogP) is 3.45. The molecule has 1 saturated carbocycles. The molecule has 0 spiro atoms. The zero-order valence-corrected chi connectivity index (χ0v) is 15.8. The highest BCUT2D eigenvalue weighted by atomic mass is 16.5. The second-order valence-corrected chi connectivity index (χ2v) is 7.65. The van der Waals surface area contributed by atoms with Crippen molar-refractivity contribution < 1.29 is 9.53 Å². The van der Waals surface area contributed by atoms with E-state index < -0.39 is 0 Å². The first-order chi connectivity index (χ1) is 12.2. The molecule has 1 aliphatic carbocycles. The summed E-state index contributed by atoms with van der Waals surface area (Å²) in [5.74, 6) is 1.13. The Balaban J connectivity index is 1.51. The van der Waals surface area contributed by atoms with Crippen LogP contribution in [-0.4, -0.2) is 56.0 Å². The summed E-state index contributed by atoms with van der Waals surface area (Å²) in [6.07, 6.45) is 8.41. The van der Waals surface area contributed by atoms with Crippen molar-refractivity contribution in [3.63, 3.8) is 0 Å². The van der Waals surface area contributed by atoms with Crippen molar-refractivity contribution in [2.75, 3.05) is 40.3 Å². The standard InChI is InChI=1S/C21H32N2O2/c1-22(14-7-17-23-15-5-3-4-6-16-23)20(24)21(12-13-21)18-8-10-19(25-2)11-9-18/h8-11H,3-7,12-17H2,1-2H3. The Hall–Kier alpha value is -1.55. The van der Waals surface area contributed by atoms with Gasteiger partial charge in [0, 0.05) is 13.6 Å². The molecule has 2 aliphatic rings. The van der Waals surface area contributed by atoms with Gasteiger partial charge in [0.1, 0.15) is 5.75 Å². The Labute approximate surface area is 152 Å². The lowest BCUT2D eigenvalue weighted by Gasteiger charge is -2.26. The second-order valence-electron chi connectivity index (χ2n) is 7.65. The third-order valence-electron chi connectivity index (χ3n) is 5.82. The molecule has 2 fully saturated rings. The van der Waals surface area contributed by atoms with E-state index >= 15 is 0 Å². The first kappa shape index (κ1) is 18.2. The van der Waals surface area contributed by atoms with Crippen LogP contribution in [0.4, 0.5) is 0 Å². The van der Waals surface area contributed by atoms with Crippen LogP contribution in [0.15, 0.2) is 24.3 Å².